The number of anilines is 1. The number of guanidine groups is 1. The van der Waals surface area contributed by atoms with Gasteiger partial charge in [0, 0.05) is 50.5 Å². The molecule has 0 bridgehead atoms. The monoisotopic (exact) mass is 426 g/mol. The van der Waals surface area contributed by atoms with Gasteiger partial charge >= 0.3 is 0 Å². The molecule has 0 unspecified atom stereocenters. The Morgan fingerprint density at radius 1 is 1.23 bits per heavy atom. The van der Waals surface area contributed by atoms with Crippen molar-refractivity contribution in [2.75, 3.05) is 37.6 Å². The zero-order valence-electron chi connectivity index (χ0n) is 18.8. The number of nitrogens with zero attached hydrogens (tertiary/aromatic N) is 3. The molecule has 8 heteroatoms. The van der Waals surface area contributed by atoms with Crippen LogP contribution in [0.4, 0.5) is 5.82 Å². The molecular formula is C23H34N6O2. The normalized spacial score (nSPS) is 15.1. The zero-order chi connectivity index (χ0) is 22.1. The third kappa shape index (κ3) is 6.73. The summed E-state index contributed by atoms with van der Waals surface area (Å²) in [6, 6.07) is 6.39. The highest BCUT2D eigenvalue weighted by molar-refractivity contribution is 5.92. The van der Waals surface area contributed by atoms with E-state index in [1.54, 1.807) is 6.07 Å². The molecule has 3 heterocycles. The lowest BCUT2D eigenvalue weighted by atomic mass is 10.1. The highest BCUT2D eigenvalue weighted by Gasteiger charge is 2.20. The number of amides is 1. The standard InChI is InChI=1S/C23H34N6O2/c1-4-24-23(26-12-5-11-25-22(30)21-18(3)10-15-31-21)28-19-8-13-29(14-9-19)20-7-6-17(2)16-27-20/h6-7,10,15-16,19H,4-5,8-9,11-14H2,1-3H3,(H,25,30)(H2,24,26,28). The van der Waals surface area contributed by atoms with Crippen molar-refractivity contribution in [1.29, 1.82) is 0 Å². The molecule has 1 amide bonds. The highest BCUT2D eigenvalue weighted by Crippen LogP contribution is 2.18. The minimum atomic E-state index is -0.175. The maximum atomic E-state index is 12.1. The molecule has 1 aliphatic rings. The van der Waals surface area contributed by atoms with E-state index in [-0.39, 0.29) is 5.91 Å². The molecule has 0 aromatic carbocycles. The van der Waals surface area contributed by atoms with Crippen LogP contribution in [0, 0.1) is 13.8 Å². The minimum Gasteiger partial charge on any atom is -0.459 e. The number of carbonyl (C=O) groups excluding carboxylic acids is 1. The summed E-state index contributed by atoms with van der Waals surface area (Å²) in [6.07, 6.45) is 6.30. The average molecular weight is 427 g/mol. The van der Waals surface area contributed by atoms with Crippen LogP contribution in [0.3, 0.4) is 0 Å². The van der Waals surface area contributed by atoms with Gasteiger partial charge in [-0.2, -0.15) is 0 Å². The van der Waals surface area contributed by atoms with Crippen LogP contribution in [-0.4, -0.2) is 55.6 Å². The van der Waals surface area contributed by atoms with E-state index in [1.807, 2.05) is 13.1 Å². The topological polar surface area (TPSA) is 94.8 Å². The summed E-state index contributed by atoms with van der Waals surface area (Å²) in [5.41, 5.74) is 2.03. The summed E-state index contributed by atoms with van der Waals surface area (Å²) in [4.78, 5) is 23.6. The van der Waals surface area contributed by atoms with Crippen molar-refractivity contribution in [2.45, 2.75) is 46.1 Å². The number of nitrogens with one attached hydrogen (secondary N) is 3. The van der Waals surface area contributed by atoms with Gasteiger partial charge in [0.15, 0.2) is 11.7 Å². The van der Waals surface area contributed by atoms with E-state index in [0.29, 0.717) is 24.9 Å². The molecule has 1 fully saturated rings. The van der Waals surface area contributed by atoms with Crippen LogP contribution < -0.4 is 20.9 Å². The number of piperidine rings is 1. The van der Waals surface area contributed by atoms with Crippen LogP contribution in [0.2, 0.25) is 0 Å². The van der Waals surface area contributed by atoms with Gasteiger partial charge < -0.3 is 25.3 Å². The van der Waals surface area contributed by atoms with Gasteiger partial charge in [-0.25, -0.2) is 4.98 Å². The average Bonchev–Trinajstić information content (AvgIpc) is 3.20. The quantitative estimate of drug-likeness (QED) is 0.341. The number of carbonyl (C=O) groups is 1. The van der Waals surface area contributed by atoms with E-state index < -0.39 is 0 Å². The maximum absolute atomic E-state index is 12.1. The van der Waals surface area contributed by atoms with Gasteiger partial charge in [0.25, 0.3) is 5.91 Å². The van der Waals surface area contributed by atoms with Crippen LogP contribution in [-0.2, 0) is 0 Å². The largest absolute Gasteiger partial charge is 0.459 e. The number of aliphatic imine (C=N–C) groups is 1. The van der Waals surface area contributed by atoms with E-state index in [0.717, 1.165) is 56.2 Å². The molecule has 0 atom stereocenters. The number of hydrogen-bond donors (Lipinski definition) is 3. The van der Waals surface area contributed by atoms with E-state index in [2.05, 4.69) is 56.8 Å². The van der Waals surface area contributed by atoms with Gasteiger partial charge in [-0.3, -0.25) is 9.79 Å². The van der Waals surface area contributed by atoms with Crippen LogP contribution >= 0.6 is 0 Å². The molecule has 0 spiro atoms. The molecule has 2 aromatic heterocycles. The molecule has 1 saturated heterocycles. The van der Waals surface area contributed by atoms with Crippen molar-refractivity contribution >= 4 is 17.7 Å². The first-order valence-electron chi connectivity index (χ1n) is 11.1. The van der Waals surface area contributed by atoms with Crippen molar-refractivity contribution in [3.8, 4) is 0 Å². The summed E-state index contributed by atoms with van der Waals surface area (Å²) >= 11 is 0. The third-order valence-corrected chi connectivity index (χ3v) is 5.36. The number of aryl methyl sites for hydroxylation is 2. The lowest BCUT2D eigenvalue weighted by Gasteiger charge is -2.33. The number of hydrogen-bond acceptors (Lipinski definition) is 5. The Bertz CT molecular complexity index is 853. The maximum Gasteiger partial charge on any atom is 0.287 e. The molecule has 8 nitrogen and oxygen atoms in total. The molecule has 0 aliphatic carbocycles. The Morgan fingerprint density at radius 2 is 2.03 bits per heavy atom. The molecule has 31 heavy (non-hydrogen) atoms. The Balaban J connectivity index is 1.40. The predicted molar refractivity (Wildman–Crippen MR) is 124 cm³/mol. The van der Waals surface area contributed by atoms with Gasteiger partial charge in [0.05, 0.1) is 6.26 Å². The molecule has 168 valence electrons. The molecular weight excluding hydrogens is 392 g/mol. The van der Waals surface area contributed by atoms with E-state index >= 15 is 0 Å². The third-order valence-electron chi connectivity index (χ3n) is 5.36. The van der Waals surface area contributed by atoms with Gasteiger partial charge in [-0.1, -0.05) is 6.07 Å². The molecule has 0 radical (unpaired) electrons. The lowest BCUT2D eigenvalue weighted by Crippen LogP contribution is -2.49. The van der Waals surface area contributed by atoms with Gasteiger partial charge in [-0.15, -0.1) is 0 Å². The SMILES string of the molecule is CCNC(=NCCCNC(=O)c1occc1C)NC1CCN(c2ccc(C)cn2)CC1. The van der Waals surface area contributed by atoms with Crippen molar-refractivity contribution in [3.05, 3.63) is 47.5 Å². The summed E-state index contributed by atoms with van der Waals surface area (Å²) in [5, 5.41) is 9.76. The van der Waals surface area contributed by atoms with Crippen LogP contribution in [0.15, 0.2) is 40.1 Å². The zero-order valence-corrected chi connectivity index (χ0v) is 18.8. The lowest BCUT2D eigenvalue weighted by molar-refractivity contribution is 0.0925. The number of furan rings is 1. The molecule has 0 saturated carbocycles. The summed E-state index contributed by atoms with van der Waals surface area (Å²) in [5.74, 6) is 2.09. The molecule has 2 aromatic rings. The highest BCUT2D eigenvalue weighted by atomic mass is 16.3. The summed E-state index contributed by atoms with van der Waals surface area (Å²) < 4.78 is 5.21. The van der Waals surface area contributed by atoms with E-state index in [9.17, 15) is 4.79 Å². The Morgan fingerprint density at radius 3 is 2.68 bits per heavy atom. The first-order chi connectivity index (χ1) is 15.1. The second kappa shape index (κ2) is 11.4. The van der Waals surface area contributed by atoms with E-state index in [1.165, 1.54) is 11.8 Å². The Hall–Kier alpha value is -3.03. The van der Waals surface area contributed by atoms with Gasteiger partial charge in [-0.05, 0) is 57.7 Å². The summed E-state index contributed by atoms with van der Waals surface area (Å²) in [6.45, 7) is 9.95. The first-order valence-corrected chi connectivity index (χ1v) is 11.1. The first kappa shape index (κ1) is 22.7. The smallest absolute Gasteiger partial charge is 0.287 e. The van der Waals surface area contributed by atoms with Crippen molar-refractivity contribution in [2.24, 2.45) is 4.99 Å². The van der Waals surface area contributed by atoms with Gasteiger partial charge in [0.2, 0.25) is 0 Å². The van der Waals surface area contributed by atoms with E-state index in [4.69, 9.17) is 4.42 Å². The van der Waals surface area contributed by atoms with Crippen LogP contribution in [0.5, 0.6) is 0 Å². The van der Waals surface area contributed by atoms with Crippen LogP contribution in [0.25, 0.3) is 0 Å². The Labute approximate surface area is 184 Å². The van der Waals surface area contributed by atoms with Crippen molar-refractivity contribution in [1.82, 2.24) is 20.9 Å². The fourth-order valence-corrected chi connectivity index (χ4v) is 3.57. The summed E-state index contributed by atoms with van der Waals surface area (Å²) in [7, 11) is 0. The van der Waals surface area contributed by atoms with Crippen molar-refractivity contribution < 1.29 is 9.21 Å². The van der Waals surface area contributed by atoms with Crippen molar-refractivity contribution in [3.63, 3.8) is 0 Å². The number of aromatic nitrogens is 1. The molecule has 3 rings (SSSR count). The fraction of sp³-hybridized carbons (Fsp3) is 0.522. The number of pyridine rings is 1. The second-order valence-electron chi connectivity index (χ2n) is 7.90. The van der Waals surface area contributed by atoms with Gasteiger partial charge in [0.1, 0.15) is 5.82 Å². The molecule has 3 N–H and O–H groups in total. The Kier molecular flexibility index (Phi) is 8.32. The molecule has 1 aliphatic heterocycles. The number of rotatable bonds is 8. The fourth-order valence-electron chi connectivity index (χ4n) is 3.57. The minimum absolute atomic E-state index is 0.175. The predicted octanol–water partition coefficient (Wildman–Crippen LogP) is 2.64. The second-order valence-corrected chi connectivity index (χ2v) is 7.90. The van der Waals surface area contributed by atoms with Crippen LogP contribution in [0.1, 0.15) is 47.9 Å².